The number of nitrogens with zero attached hydrogens (tertiary/aromatic N) is 1. The van der Waals surface area contributed by atoms with Gasteiger partial charge in [-0.1, -0.05) is 0 Å². The zero-order chi connectivity index (χ0) is 9.38. The van der Waals surface area contributed by atoms with Crippen molar-refractivity contribution in [3.05, 3.63) is 0 Å². The van der Waals surface area contributed by atoms with E-state index < -0.39 is 0 Å². The van der Waals surface area contributed by atoms with Crippen LogP contribution in [0.3, 0.4) is 0 Å². The highest BCUT2D eigenvalue weighted by Gasteiger charge is 2.32. The van der Waals surface area contributed by atoms with Gasteiger partial charge in [-0.2, -0.15) is 0 Å². The molecule has 80 valence electrons. The number of hydrogen-bond acceptors (Lipinski definition) is 2. The molecule has 1 aliphatic heterocycles. The maximum absolute atomic E-state index is 3.74. The van der Waals surface area contributed by atoms with E-state index >= 15 is 0 Å². The van der Waals surface area contributed by atoms with E-state index in [-0.39, 0.29) is 0 Å². The van der Waals surface area contributed by atoms with E-state index in [0.717, 1.165) is 18.0 Å². The summed E-state index contributed by atoms with van der Waals surface area (Å²) in [5.41, 5.74) is 0. The minimum Gasteiger partial charge on any atom is -0.314 e. The second-order valence-electron chi connectivity index (χ2n) is 5.39. The lowest BCUT2D eigenvalue weighted by Gasteiger charge is -2.32. The van der Waals surface area contributed by atoms with Gasteiger partial charge in [-0.05, 0) is 64.1 Å². The average Bonchev–Trinajstić information content (AvgIpc) is 3.07. The van der Waals surface area contributed by atoms with E-state index in [1.807, 2.05) is 0 Å². The predicted octanol–water partition coefficient (Wildman–Crippen LogP) is 1.61. The number of likely N-dealkylation sites (tertiary alicyclic amines) is 1. The molecule has 2 heteroatoms. The Labute approximate surface area is 87.0 Å². The van der Waals surface area contributed by atoms with Crippen molar-refractivity contribution in [3.8, 4) is 0 Å². The SMILES string of the molecule is C1CC1CNC1CCN(C2CC2)CC1. The molecule has 2 aliphatic carbocycles. The Bertz CT molecular complexity index is 188. The van der Waals surface area contributed by atoms with Crippen LogP contribution in [0.1, 0.15) is 38.5 Å². The zero-order valence-corrected chi connectivity index (χ0v) is 9.04. The summed E-state index contributed by atoms with van der Waals surface area (Å²) in [5, 5.41) is 3.74. The van der Waals surface area contributed by atoms with Gasteiger partial charge in [0, 0.05) is 12.1 Å². The van der Waals surface area contributed by atoms with Gasteiger partial charge in [0.25, 0.3) is 0 Å². The molecule has 2 saturated carbocycles. The number of nitrogens with one attached hydrogen (secondary N) is 1. The third-order valence-electron chi connectivity index (χ3n) is 3.98. The molecule has 0 aromatic heterocycles. The van der Waals surface area contributed by atoms with E-state index in [4.69, 9.17) is 0 Å². The van der Waals surface area contributed by atoms with Crippen LogP contribution in [-0.2, 0) is 0 Å². The summed E-state index contributed by atoms with van der Waals surface area (Å²) < 4.78 is 0. The predicted molar refractivity (Wildman–Crippen MR) is 58.3 cm³/mol. The van der Waals surface area contributed by atoms with Gasteiger partial charge in [-0.3, -0.25) is 0 Å². The molecular formula is C12H22N2. The molecular weight excluding hydrogens is 172 g/mol. The van der Waals surface area contributed by atoms with Crippen molar-refractivity contribution in [1.82, 2.24) is 10.2 Å². The summed E-state index contributed by atoms with van der Waals surface area (Å²) in [7, 11) is 0. The Morgan fingerprint density at radius 2 is 1.64 bits per heavy atom. The summed E-state index contributed by atoms with van der Waals surface area (Å²) >= 11 is 0. The van der Waals surface area contributed by atoms with Crippen LogP contribution in [0.15, 0.2) is 0 Å². The normalized spacial score (nSPS) is 30.9. The summed E-state index contributed by atoms with van der Waals surface area (Å²) in [6.45, 7) is 4.01. The van der Waals surface area contributed by atoms with Crippen molar-refractivity contribution < 1.29 is 0 Å². The molecule has 2 nitrogen and oxygen atoms in total. The molecule has 0 radical (unpaired) electrons. The third-order valence-corrected chi connectivity index (χ3v) is 3.98. The van der Waals surface area contributed by atoms with Crippen LogP contribution in [0.5, 0.6) is 0 Å². The zero-order valence-electron chi connectivity index (χ0n) is 9.04. The summed E-state index contributed by atoms with van der Waals surface area (Å²) in [6.07, 6.45) is 8.69. The van der Waals surface area contributed by atoms with Gasteiger partial charge < -0.3 is 10.2 Å². The van der Waals surface area contributed by atoms with Crippen molar-refractivity contribution in [2.24, 2.45) is 5.92 Å². The van der Waals surface area contributed by atoms with Gasteiger partial charge in [0.1, 0.15) is 0 Å². The first-order valence-corrected chi connectivity index (χ1v) is 6.39. The molecule has 3 aliphatic rings. The van der Waals surface area contributed by atoms with Crippen LogP contribution in [0.4, 0.5) is 0 Å². The van der Waals surface area contributed by atoms with E-state index in [1.165, 1.54) is 58.2 Å². The summed E-state index contributed by atoms with van der Waals surface area (Å²) in [5.74, 6) is 1.04. The Hall–Kier alpha value is -0.0800. The fourth-order valence-corrected chi connectivity index (χ4v) is 2.56. The summed E-state index contributed by atoms with van der Waals surface area (Å²) in [4.78, 5) is 2.70. The fourth-order valence-electron chi connectivity index (χ4n) is 2.56. The van der Waals surface area contributed by atoms with E-state index in [1.54, 1.807) is 0 Å². The largest absolute Gasteiger partial charge is 0.314 e. The maximum atomic E-state index is 3.74. The van der Waals surface area contributed by atoms with Gasteiger partial charge >= 0.3 is 0 Å². The minimum atomic E-state index is 0.839. The molecule has 0 aromatic rings. The van der Waals surface area contributed by atoms with Crippen LogP contribution < -0.4 is 5.32 Å². The Kier molecular flexibility index (Phi) is 2.50. The van der Waals surface area contributed by atoms with Crippen LogP contribution >= 0.6 is 0 Å². The second kappa shape index (κ2) is 3.82. The smallest absolute Gasteiger partial charge is 0.00964 e. The minimum absolute atomic E-state index is 0.839. The first kappa shape index (κ1) is 9.17. The topological polar surface area (TPSA) is 15.3 Å². The molecule has 3 rings (SSSR count). The Morgan fingerprint density at radius 1 is 0.929 bits per heavy atom. The second-order valence-corrected chi connectivity index (χ2v) is 5.39. The maximum Gasteiger partial charge on any atom is 0.00964 e. The monoisotopic (exact) mass is 194 g/mol. The van der Waals surface area contributed by atoms with Gasteiger partial charge in [-0.15, -0.1) is 0 Å². The molecule has 1 saturated heterocycles. The molecule has 0 unspecified atom stereocenters. The quantitative estimate of drug-likeness (QED) is 0.731. The van der Waals surface area contributed by atoms with Gasteiger partial charge in [0.05, 0.1) is 0 Å². The Morgan fingerprint density at radius 3 is 2.21 bits per heavy atom. The molecule has 0 aromatic carbocycles. The van der Waals surface area contributed by atoms with Crippen LogP contribution in [0, 0.1) is 5.92 Å². The highest BCUT2D eigenvalue weighted by atomic mass is 15.2. The third kappa shape index (κ3) is 2.29. The molecule has 0 amide bonds. The van der Waals surface area contributed by atoms with Crippen LogP contribution in [0.2, 0.25) is 0 Å². The number of hydrogen-bond donors (Lipinski definition) is 1. The lowest BCUT2D eigenvalue weighted by Crippen LogP contribution is -2.43. The molecule has 0 bridgehead atoms. The van der Waals surface area contributed by atoms with E-state index in [9.17, 15) is 0 Å². The van der Waals surface area contributed by atoms with Crippen molar-refractivity contribution in [2.75, 3.05) is 19.6 Å². The molecule has 3 fully saturated rings. The van der Waals surface area contributed by atoms with Crippen LogP contribution in [0.25, 0.3) is 0 Å². The van der Waals surface area contributed by atoms with Gasteiger partial charge in [0.15, 0.2) is 0 Å². The van der Waals surface area contributed by atoms with Crippen LogP contribution in [-0.4, -0.2) is 36.6 Å². The molecule has 0 atom stereocenters. The lowest BCUT2D eigenvalue weighted by molar-refractivity contribution is 0.189. The first-order valence-electron chi connectivity index (χ1n) is 6.39. The standard InChI is InChI=1S/C12H22N2/c1-2-10(1)9-13-11-5-7-14(8-6-11)12-3-4-12/h10-13H,1-9H2. The van der Waals surface area contributed by atoms with E-state index in [2.05, 4.69) is 10.2 Å². The van der Waals surface area contributed by atoms with E-state index in [0.29, 0.717) is 0 Å². The van der Waals surface area contributed by atoms with Crippen molar-refractivity contribution in [1.29, 1.82) is 0 Å². The highest BCUT2D eigenvalue weighted by molar-refractivity contribution is 4.89. The molecule has 1 N–H and O–H groups in total. The lowest BCUT2D eigenvalue weighted by atomic mass is 10.0. The average molecular weight is 194 g/mol. The van der Waals surface area contributed by atoms with Crippen molar-refractivity contribution in [2.45, 2.75) is 50.6 Å². The van der Waals surface area contributed by atoms with Crippen molar-refractivity contribution in [3.63, 3.8) is 0 Å². The fraction of sp³-hybridized carbons (Fsp3) is 1.00. The Balaban J connectivity index is 1.36. The van der Waals surface area contributed by atoms with Crippen molar-refractivity contribution >= 4 is 0 Å². The number of piperidine rings is 1. The van der Waals surface area contributed by atoms with Gasteiger partial charge in [0.2, 0.25) is 0 Å². The molecule has 0 spiro atoms. The number of rotatable bonds is 4. The summed E-state index contributed by atoms with van der Waals surface area (Å²) in [6, 6.07) is 1.82. The first-order chi connectivity index (χ1) is 6.92. The highest BCUT2D eigenvalue weighted by Crippen LogP contribution is 2.30. The van der Waals surface area contributed by atoms with Gasteiger partial charge in [-0.25, -0.2) is 0 Å². The molecule has 14 heavy (non-hydrogen) atoms. The molecule has 1 heterocycles.